The topological polar surface area (TPSA) is 87.7 Å². The molecule has 1 amide bonds. The molecule has 0 saturated carbocycles. The third-order valence-corrected chi connectivity index (χ3v) is 2.99. The number of anilines is 1. The van der Waals surface area contributed by atoms with E-state index in [0.717, 1.165) is 11.0 Å². The van der Waals surface area contributed by atoms with Crippen LogP contribution in [-0.4, -0.2) is 34.7 Å². The van der Waals surface area contributed by atoms with Gasteiger partial charge in [0.15, 0.2) is 0 Å². The molecular weight excluding hydrogens is 296 g/mol. The second-order valence-electron chi connectivity index (χ2n) is 4.38. The lowest BCUT2D eigenvalue weighted by Gasteiger charge is -2.05. The van der Waals surface area contributed by atoms with Crippen LogP contribution in [0.25, 0.3) is 11.0 Å². The van der Waals surface area contributed by atoms with Gasteiger partial charge in [-0.25, -0.2) is 4.98 Å². The molecule has 21 heavy (non-hydrogen) atoms. The molecule has 0 saturated heterocycles. The Labute approximate surface area is 126 Å². The summed E-state index contributed by atoms with van der Waals surface area (Å²) < 4.78 is 4.56. The Morgan fingerprint density at radius 3 is 2.90 bits per heavy atom. The maximum atomic E-state index is 11.9. The molecule has 110 valence electrons. The molecular formula is C13H13ClN4O3. The first-order valence-corrected chi connectivity index (χ1v) is 6.08. The molecule has 1 aliphatic heterocycles. The van der Waals surface area contributed by atoms with Crippen LogP contribution < -0.4 is 5.01 Å². The first-order chi connectivity index (χ1) is 9.67. The molecule has 2 aromatic rings. The highest BCUT2D eigenvalue weighted by molar-refractivity contribution is 6.16. The second-order valence-corrected chi connectivity index (χ2v) is 4.38. The Morgan fingerprint density at radius 1 is 1.43 bits per heavy atom. The van der Waals surface area contributed by atoms with Gasteiger partial charge < -0.3 is 9.72 Å². The van der Waals surface area contributed by atoms with Crippen molar-refractivity contribution < 1.29 is 14.3 Å². The summed E-state index contributed by atoms with van der Waals surface area (Å²) in [5, 5.41) is 5.32. The number of nitrogens with one attached hydrogen (secondary N) is 1. The van der Waals surface area contributed by atoms with Gasteiger partial charge in [-0.05, 0) is 12.1 Å². The van der Waals surface area contributed by atoms with Gasteiger partial charge in [-0.2, -0.15) is 10.1 Å². The Bertz CT molecular complexity index is 692. The lowest BCUT2D eigenvalue weighted by molar-refractivity contribution is -0.139. The summed E-state index contributed by atoms with van der Waals surface area (Å²) >= 11 is 0. The van der Waals surface area contributed by atoms with E-state index < -0.39 is 5.97 Å². The highest BCUT2D eigenvalue weighted by Gasteiger charge is 2.28. The van der Waals surface area contributed by atoms with Crippen LogP contribution in [0.5, 0.6) is 0 Å². The number of imidazole rings is 1. The number of para-hydroxylation sites is 2. The molecule has 0 spiro atoms. The molecule has 0 unspecified atom stereocenters. The van der Waals surface area contributed by atoms with E-state index in [1.54, 1.807) is 0 Å². The SMILES string of the molecule is COC(=O)CC1=NN(c2nc3ccccc3[nH]2)C(=O)C1.Cl. The van der Waals surface area contributed by atoms with Crippen molar-refractivity contribution in [1.29, 1.82) is 0 Å². The van der Waals surface area contributed by atoms with Gasteiger partial charge in [-0.15, -0.1) is 12.4 Å². The number of carbonyl (C=O) groups excluding carboxylic acids is 2. The molecule has 0 radical (unpaired) electrons. The summed E-state index contributed by atoms with van der Waals surface area (Å²) in [6, 6.07) is 7.45. The maximum absolute atomic E-state index is 11.9. The number of hydrogen-bond acceptors (Lipinski definition) is 5. The fourth-order valence-electron chi connectivity index (χ4n) is 2.02. The monoisotopic (exact) mass is 308 g/mol. The van der Waals surface area contributed by atoms with Gasteiger partial charge in [0.2, 0.25) is 5.95 Å². The number of methoxy groups -OCH3 is 1. The number of carbonyl (C=O) groups is 2. The van der Waals surface area contributed by atoms with Crippen molar-refractivity contribution in [3.63, 3.8) is 0 Å². The summed E-state index contributed by atoms with van der Waals surface area (Å²) in [4.78, 5) is 30.5. The molecule has 1 aliphatic rings. The van der Waals surface area contributed by atoms with E-state index in [1.807, 2.05) is 24.3 Å². The molecule has 0 fully saturated rings. The number of esters is 1. The standard InChI is InChI=1S/C13H12N4O3.ClH/c1-20-12(19)7-8-6-11(18)17(16-8)13-14-9-4-2-3-5-10(9)15-13;/h2-5H,6-7H2,1H3,(H,14,15);1H. The number of nitrogens with zero attached hydrogens (tertiary/aromatic N) is 3. The van der Waals surface area contributed by atoms with E-state index >= 15 is 0 Å². The molecule has 0 aliphatic carbocycles. The predicted octanol–water partition coefficient (Wildman–Crippen LogP) is 1.64. The lowest BCUT2D eigenvalue weighted by Crippen LogP contribution is -2.20. The normalized spacial score (nSPS) is 14.0. The zero-order valence-electron chi connectivity index (χ0n) is 11.2. The van der Waals surface area contributed by atoms with Crippen LogP contribution in [0.2, 0.25) is 0 Å². The summed E-state index contributed by atoms with van der Waals surface area (Å²) in [6.45, 7) is 0. The maximum Gasteiger partial charge on any atom is 0.311 e. The van der Waals surface area contributed by atoms with Crippen molar-refractivity contribution in [3.8, 4) is 0 Å². The van der Waals surface area contributed by atoms with Crippen molar-refractivity contribution in [2.45, 2.75) is 12.8 Å². The van der Waals surface area contributed by atoms with E-state index in [-0.39, 0.29) is 31.2 Å². The number of rotatable bonds is 3. The van der Waals surface area contributed by atoms with Crippen LogP contribution in [0.1, 0.15) is 12.8 Å². The number of benzene rings is 1. The average molecular weight is 309 g/mol. The van der Waals surface area contributed by atoms with E-state index in [0.29, 0.717) is 11.7 Å². The zero-order valence-corrected chi connectivity index (χ0v) is 12.0. The van der Waals surface area contributed by atoms with E-state index in [2.05, 4.69) is 19.8 Å². The minimum atomic E-state index is -0.414. The molecule has 0 atom stereocenters. The van der Waals surface area contributed by atoms with Gasteiger partial charge in [-0.3, -0.25) is 9.59 Å². The largest absolute Gasteiger partial charge is 0.469 e. The van der Waals surface area contributed by atoms with Crippen molar-refractivity contribution in [1.82, 2.24) is 9.97 Å². The fraction of sp³-hybridized carbons (Fsp3) is 0.231. The highest BCUT2D eigenvalue weighted by atomic mass is 35.5. The van der Waals surface area contributed by atoms with Gasteiger partial charge in [0.25, 0.3) is 5.91 Å². The van der Waals surface area contributed by atoms with Gasteiger partial charge >= 0.3 is 5.97 Å². The van der Waals surface area contributed by atoms with Gasteiger partial charge in [0, 0.05) is 0 Å². The van der Waals surface area contributed by atoms with Crippen molar-refractivity contribution in [2.75, 3.05) is 12.1 Å². The molecule has 7 nitrogen and oxygen atoms in total. The highest BCUT2D eigenvalue weighted by Crippen LogP contribution is 2.21. The number of H-pyrrole nitrogens is 1. The number of hydrogen-bond donors (Lipinski definition) is 1. The number of ether oxygens (including phenoxy) is 1. The summed E-state index contributed by atoms with van der Waals surface area (Å²) in [5.41, 5.74) is 2.06. The Hall–Kier alpha value is -2.41. The third kappa shape index (κ3) is 2.87. The Balaban J connectivity index is 0.00000161. The molecule has 2 heterocycles. The first-order valence-electron chi connectivity index (χ1n) is 6.08. The quantitative estimate of drug-likeness (QED) is 0.873. The summed E-state index contributed by atoms with van der Waals surface area (Å²) in [6.07, 6.45) is 0.116. The Kier molecular flexibility index (Phi) is 4.23. The summed E-state index contributed by atoms with van der Waals surface area (Å²) in [5.74, 6) is -0.276. The Morgan fingerprint density at radius 2 is 2.19 bits per heavy atom. The van der Waals surface area contributed by atoms with E-state index in [4.69, 9.17) is 0 Å². The smallest absolute Gasteiger partial charge is 0.311 e. The van der Waals surface area contributed by atoms with Gasteiger partial charge in [-0.1, -0.05) is 12.1 Å². The zero-order chi connectivity index (χ0) is 14.1. The number of halogens is 1. The van der Waals surface area contributed by atoms with Crippen LogP contribution in [0, 0.1) is 0 Å². The third-order valence-electron chi connectivity index (χ3n) is 2.99. The second kappa shape index (κ2) is 5.92. The average Bonchev–Trinajstić information content (AvgIpc) is 3.01. The van der Waals surface area contributed by atoms with Crippen LogP contribution in [0.3, 0.4) is 0 Å². The number of aromatic amines is 1. The van der Waals surface area contributed by atoms with E-state index in [9.17, 15) is 9.59 Å². The van der Waals surface area contributed by atoms with Gasteiger partial charge in [0.1, 0.15) is 0 Å². The molecule has 1 aromatic heterocycles. The molecule has 3 rings (SSSR count). The number of fused-ring (bicyclic) bond motifs is 1. The van der Waals surface area contributed by atoms with Gasteiger partial charge in [0.05, 0.1) is 36.7 Å². The lowest BCUT2D eigenvalue weighted by atomic mass is 10.2. The van der Waals surface area contributed by atoms with Crippen molar-refractivity contribution in [2.24, 2.45) is 5.10 Å². The van der Waals surface area contributed by atoms with Crippen molar-refractivity contribution >= 4 is 47.0 Å². The van der Waals surface area contributed by atoms with Crippen molar-refractivity contribution in [3.05, 3.63) is 24.3 Å². The molecule has 1 aromatic carbocycles. The molecule has 8 heteroatoms. The number of hydrazone groups is 1. The minimum absolute atomic E-state index is 0. The van der Waals surface area contributed by atoms with Crippen LogP contribution >= 0.6 is 12.4 Å². The molecule has 1 N–H and O–H groups in total. The van der Waals surface area contributed by atoms with E-state index in [1.165, 1.54) is 12.1 Å². The number of amides is 1. The van der Waals surface area contributed by atoms with Crippen LogP contribution in [-0.2, 0) is 14.3 Å². The van der Waals surface area contributed by atoms with Crippen LogP contribution in [0.4, 0.5) is 5.95 Å². The number of aromatic nitrogens is 2. The minimum Gasteiger partial charge on any atom is -0.469 e. The summed E-state index contributed by atoms with van der Waals surface area (Å²) in [7, 11) is 1.30. The molecule has 0 bridgehead atoms. The predicted molar refractivity (Wildman–Crippen MR) is 79.5 cm³/mol. The first kappa shape index (κ1) is 15.0. The van der Waals surface area contributed by atoms with Crippen LogP contribution in [0.15, 0.2) is 29.4 Å². The fourth-order valence-corrected chi connectivity index (χ4v) is 2.02.